The summed E-state index contributed by atoms with van der Waals surface area (Å²) in [6.07, 6.45) is 0. The molecule has 0 radical (unpaired) electrons. The standard InChI is InChI=1S/C14H13BrN2O4S/c15-10-1-3-11(4-2-10)17-22(19,20)13-7-5-12(6-8-13)21-9-14(16)18/h1-8,17H,9H2,(H2,16,18). The first kappa shape index (κ1) is 16.3. The summed E-state index contributed by atoms with van der Waals surface area (Å²) < 4.78 is 32.8. The third-order valence-electron chi connectivity index (χ3n) is 2.61. The van der Waals surface area contributed by atoms with Crippen molar-refractivity contribution in [2.75, 3.05) is 11.3 Å². The van der Waals surface area contributed by atoms with Crippen molar-refractivity contribution in [1.29, 1.82) is 0 Å². The van der Waals surface area contributed by atoms with E-state index in [2.05, 4.69) is 20.7 Å². The number of anilines is 1. The average Bonchev–Trinajstić information content (AvgIpc) is 2.48. The molecular formula is C14H13BrN2O4S. The topological polar surface area (TPSA) is 98.5 Å². The Morgan fingerprint density at radius 1 is 1.09 bits per heavy atom. The fourth-order valence-electron chi connectivity index (χ4n) is 1.60. The molecule has 0 aromatic heterocycles. The van der Waals surface area contributed by atoms with E-state index in [1.165, 1.54) is 24.3 Å². The quantitative estimate of drug-likeness (QED) is 0.796. The zero-order chi connectivity index (χ0) is 16.2. The van der Waals surface area contributed by atoms with Crippen molar-refractivity contribution >= 4 is 37.5 Å². The number of sulfonamides is 1. The molecule has 0 aliphatic rings. The second-order valence-corrected chi connectivity index (χ2v) is 6.94. The van der Waals surface area contributed by atoms with E-state index in [-0.39, 0.29) is 11.5 Å². The van der Waals surface area contributed by atoms with E-state index in [1.807, 2.05) is 0 Å². The number of amides is 1. The highest BCUT2D eigenvalue weighted by atomic mass is 79.9. The Labute approximate surface area is 136 Å². The van der Waals surface area contributed by atoms with Crippen molar-refractivity contribution in [2.24, 2.45) is 5.73 Å². The summed E-state index contributed by atoms with van der Waals surface area (Å²) in [7, 11) is -3.69. The van der Waals surface area contributed by atoms with E-state index < -0.39 is 15.9 Å². The number of carbonyl (C=O) groups excluding carboxylic acids is 1. The van der Waals surface area contributed by atoms with Crippen molar-refractivity contribution in [1.82, 2.24) is 0 Å². The predicted octanol–water partition coefficient (Wildman–Crippen LogP) is 2.11. The van der Waals surface area contributed by atoms with Crippen molar-refractivity contribution in [3.63, 3.8) is 0 Å². The monoisotopic (exact) mass is 384 g/mol. The van der Waals surface area contributed by atoms with Crippen molar-refractivity contribution in [3.8, 4) is 5.75 Å². The maximum atomic E-state index is 12.2. The van der Waals surface area contributed by atoms with Crippen LogP contribution < -0.4 is 15.2 Å². The van der Waals surface area contributed by atoms with Gasteiger partial charge in [-0.25, -0.2) is 8.42 Å². The van der Waals surface area contributed by atoms with Crippen LogP contribution in [0.3, 0.4) is 0 Å². The summed E-state index contributed by atoms with van der Waals surface area (Å²) in [5, 5.41) is 0. The smallest absolute Gasteiger partial charge is 0.261 e. The number of primary amides is 1. The Hall–Kier alpha value is -2.06. The molecule has 3 N–H and O–H groups in total. The van der Waals surface area contributed by atoms with Gasteiger partial charge in [0.1, 0.15) is 5.75 Å². The average molecular weight is 385 g/mol. The van der Waals surface area contributed by atoms with E-state index in [9.17, 15) is 13.2 Å². The summed E-state index contributed by atoms with van der Waals surface area (Å²) >= 11 is 3.28. The highest BCUT2D eigenvalue weighted by molar-refractivity contribution is 9.10. The van der Waals surface area contributed by atoms with Gasteiger partial charge in [-0.05, 0) is 48.5 Å². The molecule has 0 heterocycles. The lowest BCUT2D eigenvalue weighted by atomic mass is 10.3. The van der Waals surface area contributed by atoms with Crippen LogP contribution in [0.1, 0.15) is 0 Å². The van der Waals surface area contributed by atoms with E-state index in [1.54, 1.807) is 24.3 Å². The van der Waals surface area contributed by atoms with Gasteiger partial charge in [0.15, 0.2) is 6.61 Å². The van der Waals surface area contributed by atoms with Crippen LogP contribution in [-0.2, 0) is 14.8 Å². The third kappa shape index (κ3) is 4.47. The number of hydrogen-bond acceptors (Lipinski definition) is 4. The van der Waals surface area contributed by atoms with Gasteiger partial charge in [0.05, 0.1) is 4.90 Å². The maximum Gasteiger partial charge on any atom is 0.261 e. The number of nitrogens with one attached hydrogen (secondary N) is 1. The lowest BCUT2D eigenvalue weighted by Gasteiger charge is -2.09. The van der Waals surface area contributed by atoms with Crippen LogP contribution in [0.25, 0.3) is 0 Å². The summed E-state index contributed by atoms with van der Waals surface area (Å²) in [6.45, 7) is -0.261. The first-order valence-corrected chi connectivity index (χ1v) is 8.44. The molecule has 22 heavy (non-hydrogen) atoms. The number of rotatable bonds is 6. The first-order valence-electron chi connectivity index (χ1n) is 6.16. The summed E-state index contributed by atoms with van der Waals surface area (Å²) in [6, 6.07) is 12.4. The van der Waals surface area contributed by atoms with Crippen molar-refractivity contribution < 1.29 is 17.9 Å². The van der Waals surface area contributed by atoms with Gasteiger partial charge in [0.2, 0.25) is 0 Å². The second-order valence-electron chi connectivity index (χ2n) is 4.34. The van der Waals surface area contributed by atoms with Crippen LogP contribution in [0.5, 0.6) is 5.75 Å². The molecule has 0 unspecified atom stereocenters. The van der Waals surface area contributed by atoms with Gasteiger partial charge in [0, 0.05) is 10.2 Å². The van der Waals surface area contributed by atoms with E-state index in [4.69, 9.17) is 10.5 Å². The zero-order valence-electron chi connectivity index (χ0n) is 11.3. The Bertz CT molecular complexity index is 758. The third-order valence-corrected chi connectivity index (χ3v) is 4.54. The second kappa shape index (κ2) is 6.80. The van der Waals surface area contributed by atoms with Crippen LogP contribution in [0.2, 0.25) is 0 Å². The zero-order valence-corrected chi connectivity index (χ0v) is 13.7. The molecular weight excluding hydrogens is 372 g/mol. The molecule has 6 nitrogen and oxygen atoms in total. The molecule has 2 aromatic rings. The lowest BCUT2D eigenvalue weighted by molar-refractivity contribution is -0.119. The number of benzene rings is 2. The molecule has 8 heteroatoms. The summed E-state index contributed by atoms with van der Waals surface area (Å²) in [4.78, 5) is 10.7. The van der Waals surface area contributed by atoms with Crippen molar-refractivity contribution in [2.45, 2.75) is 4.90 Å². The van der Waals surface area contributed by atoms with Gasteiger partial charge >= 0.3 is 0 Å². The van der Waals surface area contributed by atoms with Crippen LogP contribution in [0.15, 0.2) is 57.9 Å². The molecule has 0 aliphatic heterocycles. The molecule has 0 atom stereocenters. The Kier molecular flexibility index (Phi) is 5.04. The Morgan fingerprint density at radius 3 is 2.23 bits per heavy atom. The minimum absolute atomic E-state index is 0.0850. The molecule has 0 spiro atoms. The van der Waals surface area contributed by atoms with Gasteiger partial charge in [0.25, 0.3) is 15.9 Å². The minimum atomic E-state index is -3.69. The first-order chi connectivity index (χ1) is 10.4. The highest BCUT2D eigenvalue weighted by Gasteiger charge is 2.14. The summed E-state index contributed by atoms with van der Waals surface area (Å²) in [5.74, 6) is -0.241. The van der Waals surface area contributed by atoms with Crippen LogP contribution in [-0.4, -0.2) is 20.9 Å². The van der Waals surface area contributed by atoms with Crippen LogP contribution in [0.4, 0.5) is 5.69 Å². The van der Waals surface area contributed by atoms with Gasteiger partial charge < -0.3 is 10.5 Å². The SMILES string of the molecule is NC(=O)COc1ccc(S(=O)(=O)Nc2ccc(Br)cc2)cc1. The minimum Gasteiger partial charge on any atom is -0.484 e. The van der Waals surface area contributed by atoms with E-state index in [0.29, 0.717) is 11.4 Å². The van der Waals surface area contributed by atoms with E-state index in [0.717, 1.165) is 4.47 Å². The number of halogens is 1. The van der Waals surface area contributed by atoms with Crippen LogP contribution >= 0.6 is 15.9 Å². The highest BCUT2D eigenvalue weighted by Crippen LogP contribution is 2.20. The molecule has 116 valence electrons. The number of ether oxygens (including phenoxy) is 1. The number of carbonyl (C=O) groups is 1. The van der Waals surface area contributed by atoms with Crippen LogP contribution in [0, 0.1) is 0 Å². The molecule has 2 rings (SSSR count). The molecule has 1 amide bonds. The number of nitrogens with two attached hydrogens (primary N) is 1. The Balaban J connectivity index is 2.12. The summed E-state index contributed by atoms with van der Waals surface area (Å²) in [5.41, 5.74) is 5.42. The predicted molar refractivity (Wildman–Crippen MR) is 86.1 cm³/mol. The fraction of sp³-hybridized carbons (Fsp3) is 0.0714. The molecule has 0 saturated carbocycles. The van der Waals surface area contributed by atoms with Crippen molar-refractivity contribution in [3.05, 3.63) is 53.0 Å². The molecule has 0 aliphatic carbocycles. The lowest BCUT2D eigenvalue weighted by Crippen LogP contribution is -2.20. The fourth-order valence-corrected chi connectivity index (χ4v) is 2.92. The van der Waals surface area contributed by atoms with Gasteiger partial charge in [-0.15, -0.1) is 0 Å². The van der Waals surface area contributed by atoms with Gasteiger partial charge in [-0.1, -0.05) is 15.9 Å². The normalized spacial score (nSPS) is 11.0. The maximum absolute atomic E-state index is 12.2. The largest absolute Gasteiger partial charge is 0.484 e. The Morgan fingerprint density at radius 2 is 1.68 bits per heavy atom. The number of hydrogen-bond donors (Lipinski definition) is 2. The molecule has 0 bridgehead atoms. The van der Waals surface area contributed by atoms with Gasteiger partial charge in [-0.2, -0.15) is 0 Å². The molecule has 0 saturated heterocycles. The van der Waals surface area contributed by atoms with Gasteiger partial charge in [-0.3, -0.25) is 9.52 Å². The molecule has 0 fully saturated rings. The van der Waals surface area contributed by atoms with E-state index >= 15 is 0 Å². The molecule has 2 aromatic carbocycles.